The van der Waals surface area contributed by atoms with E-state index in [0.717, 1.165) is 22.2 Å². The third-order valence-electron chi connectivity index (χ3n) is 3.62. The second kappa shape index (κ2) is 6.34. The summed E-state index contributed by atoms with van der Waals surface area (Å²) in [4.78, 5) is 23.5. The molecule has 5 nitrogen and oxygen atoms in total. The Morgan fingerprint density at radius 2 is 2.05 bits per heavy atom. The second-order valence-electron chi connectivity index (χ2n) is 5.22. The summed E-state index contributed by atoms with van der Waals surface area (Å²) < 4.78 is 5.19. The standard InChI is InChI=1S/C16H16N2O3.ClH/c1-9-7-15(19)21-14-6-10(2)13(8-11(9)14)18-16(20)12-4-3-5-17-12;/h3-4,6-8,12,17H,5H2,1-2H3,(H,18,20);1H. The molecule has 0 spiro atoms. The highest BCUT2D eigenvalue weighted by molar-refractivity contribution is 5.99. The van der Waals surface area contributed by atoms with E-state index in [4.69, 9.17) is 4.42 Å². The van der Waals surface area contributed by atoms with E-state index in [0.29, 0.717) is 12.1 Å². The van der Waals surface area contributed by atoms with Crippen LogP contribution in [0.3, 0.4) is 0 Å². The molecule has 0 fully saturated rings. The minimum atomic E-state index is -0.364. The predicted octanol–water partition coefficient (Wildman–Crippen LogP) is 2.30. The molecule has 1 aromatic heterocycles. The van der Waals surface area contributed by atoms with Crippen LogP contribution in [0.4, 0.5) is 5.69 Å². The number of benzene rings is 1. The minimum absolute atomic E-state index is 0. The number of aryl methyl sites for hydroxylation is 2. The molecule has 2 aromatic rings. The number of fused-ring (bicyclic) bond motifs is 1. The zero-order valence-electron chi connectivity index (χ0n) is 12.3. The number of carbonyl (C=O) groups is 1. The van der Waals surface area contributed by atoms with Crippen molar-refractivity contribution in [3.63, 3.8) is 0 Å². The van der Waals surface area contributed by atoms with Crippen LogP contribution >= 0.6 is 12.4 Å². The van der Waals surface area contributed by atoms with Gasteiger partial charge in [-0.2, -0.15) is 0 Å². The minimum Gasteiger partial charge on any atom is -0.423 e. The summed E-state index contributed by atoms with van der Waals surface area (Å²) >= 11 is 0. The highest BCUT2D eigenvalue weighted by Gasteiger charge is 2.18. The number of amides is 1. The summed E-state index contributed by atoms with van der Waals surface area (Å²) in [5.41, 5.74) is 2.58. The van der Waals surface area contributed by atoms with Gasteiger partial charge in [0.05, 0.1) is 0 Å². The van der Waals surface area contributed by atoms with E-state index in [1.165, 1.54) is 6.07 Å². The molecule has 22 heavy (non-hydrogen) atoms. The van der Waals surface area contributed by atoms with Crippen LogP contribution in [0.15, 0.2) is 39.6 Å². The number of nitrogens with one attached hydrogen (secondary N) is 2. The highest BCUT2D eigenvalue weighted by atomic mass is 35.5. The van der Waals surface area contributed by atoms with Gasteiger partial charge < -0.3 is 9.73 Å². The zero-order valence-corrected chi connectivity index (χ0v) is 13.1. The summed E-state index contributed by atoms with van der Waals surface area (Å²) in [7, 11) is 0. The molecule has 1 amide bonds. The third-order valence-corrected chi connectivity index (χ3v) is 3.62. The van der Waals surface area contributed by atoms with Crippen LogP contribution in [-0.4, -0.2) is 18.5 Å². The molecule has 1 aliphatic heterocycles. The fourth-order valence-corrected chi connectivity index (χ4v) is 2.46. The fraction of sp³-hybridized carbons (Fsp3) is 0.250. The van der Waals surface area contributed by atoms with Crippen molar-refractivity contribution in [2.75, 3.05) is 11.9 Å². The van der Waals surface area contributed by atoms with Gasteiger partial charge >= 0.3 is 5.63 Å². The largest absolute Gasteiger partial charge is 0.423 e. The molecule has 2 heterocycles. The SMILES string of the molecule is Cc1cc2oc(=O)cc(C)c2cc1NC(=O)C1C=CCN1.Cl. The lowest BCUT2D eigenvalue weighted by atomic mass is 10.1. The first kappa shape index (κ1) is 16.3. The maximum absolute atomic E-state index is 12.1. The molecular weight excluding hydrogens is 304 g/mol. The Hall–Kier alpha value is -2.11. The summed E-state index contributed by atoms with van der Waals surface area (Å²) in [6, 6.07) is 4.77. The van der Waals surface area contributed by atoms with Gasteiger partial charge in [0.1, 0.15) is 11.6 Å². The lowest BCUT2D eigenvalue weighted by molar-refractivity contribution is -0.116. The van der Waals surface area contributed by atoms with Gasteiger partial charge in [0.2, 0.25) is 5.91 Å². The Morgan fingerprint density at radius 3 is 2.73 bits per heavy atom. The average molecular weight is 321 g/mol. The van der Waals surface area contributed by atoms with E-state index >= 15 is 0 Å². The first-order chi connectivity index (χ1) is 10.0. The number of carbonyl (C=O) groups excluding carboxylic acids is 1. The van der Waals surface area contributed by atoms with Crippen LogP contribution in [0.1, 0.15) is 11.1 Å². The van der Waals surface area contributed by atoms with Gasteiger partial charge in [0.15, 0.2) is 0 Å². The fourth-order valence-electron chi connectivity index (χ4n) is 2.46. The Labute approximate surface area is 133 Å². The molecule has 116 valence electrons. The number of rotatable bonds is 2. The lowest BCUT2D eigenvalue weighted by Gasteiger charge is -2.13. The van der Waals surface area contributed by atoms with E-state index < -0.39 is 0 Å². The van der Waals surface area contributed by atoms with Gasteiger partial charge in [0, 0.05) is 23.7 Å². The number of hydrogen-bond acceptors (Lipinski definition) is 4. The van der Waals surface area contributed by atoms with Crippen molar-refractivity contribution in [3.8, 4) is 0 Å². The monoisotopic (exact) mass is 320 g/mol. The maximum atomic E-state index is 12.1. The Morgan fingerprint density at radius 1 is 1.27 bits per heavy atom. The zero-order chi connectivity index (χ0) is 15.0. The van der Waals surface area contributed by atoms with Crippen molar-refractivity contribution in [1.29, 1.82) is 0 Å². The first-order valence-corrected chi connectivity index (χ1v) is 6.80. The molecule has 0 aliphatic carbocycles. The molecule has 6 heteroatoms. The number of hydrogen-bond donors (Lipinski definition) is 2. The van der Waals surface area contributed by atoms with E-state index in [1.54, 1.807) is 6.07 Å². The topological polar surface area (TPSA) is 71.3 Å². The normalized spacial score (nSPS) is 16.5. The van der Waals surface area contributed by atoms with Crippen LogP contribution in [0.25, 0.3) is 11.0 Å². The molecule has 0 bridgehead atoms. The van der Waals surface area contributed by atoms with Gasteiger partial charge in [-0.3, -0.25) is 10.1 Å². The predicted molar refractivity (Wildman–Crippen MR) is 88.8 cm³/mol. The molecule has 2 N–H and O–H groups in total. The molecule has 1 aliphatic rings. The van der Waals surface area contributed by atoms with Gasteiger partial charge in [-0.15, -0.1) is 12.4 Å². The van der Waals surface area contributed by atoms with Crippen molar-refractivity contribution in [2.45, 2.75) is 19.9 Å². The van der Waals surface area contributed by atoms with E-state index in [9.17, 15) is 9.59 Å². The smallest absolute Gasteiger partial charge is 0.336 e. The van der Waals surface area contributed by atoms with Crippen molar-refractivity contribution in [1.82, 2.24) is 5.32 Å². The Balaban J connectivity index is 0.00000176. The highest BCUT2D eigenvalue weighted by Crippen LogP contribution is 2.25. The van der Waals surface area contributed by atoms with Crippen LogP contribution in [0.2, 0.25) is 0 Å². The van der Waals surface area contributed by atoms with Crippen molar-refractivity contribution in [3.05, 3.63) is 51.9 Å². The summed E-state index contributed by atoms with van der Waals surface area (Å²) in [6.07, 6.45) is 3.77. The first-order valence-electron chi connectivity index (χ1n) is 6.80. The van der Waals surface area contributed by atoms with Gasteiger partial charge in [-0.1, -0.05) is 12.2 Å². The molecule has 0 saturated carbocycles. The Kier molecular flexibility index (Phi) is 4.68. The quantitative estimate of drug-likeness (QED) is 0.658. The number of halogens is 1. The van der Waals surface area contributed by atoms with E-state index in [2.05, 4.69) is 10.6 Å². The molecule has 1 atom stereocenters. The molecule has 1 unspecified atom stereocenters. The van der Waals surface area contributed by atoms with E-state index in [-0.39, 0.29) is 30.0 Å². The van der Waals surface area contributed by atoms with Gasteiger partial charge in [0.25, 0.3) is 0 Å². The molecular formula is C16H17ClN2O3. The third kappa shape index (κ3) is 3.05. The molecule has 3 rings (SSSR count). The molecule has 1 aromatic carbocycles. The van der Waals surface area contributed by atoms with Crippen LogP contribution in [0.5, 0.6) is 0 Å². The summed E-state index contributed by atoms with van der Waals surface area (Å²) in [5.74, 6) is -0.0961. The van der Waals surface area contributed by atoms with Gasteiger partial charge in [-0.25, -0.2) is 4.79 Å². The average Bonchev–Trinajstić information content (AvgIpc) is 2.94. The second-order valence-corrected chi connectivity index (χ2v) is 5.22. The van der Waals surface area contributed by atoms with E-state index in [1.807, 2.05) is 32.1 Å². The molecule has 0 saturated heterocycles. The summed E-state index contributed by atoms with van der Waals surface area (Å²) in [6.45, 7) is 4.43. The number of anilines is 1. The molecule has 0 radical (unpaired) electrons. The van der Waals surface area contributed by atoms with Crippen LogP contribution in [0, 0.1) is 13.8 Å². The van der Waals surface area contributed by atoms with Crippen molar-refractivity contribution < 1.29 is 9.21 Å². The Bertz CT molecular complexity index is 811. The van der Waals surface area contributed by atoms with Crippen molar-refractivity contribution >= 4 is 35.0 Å². The van der Waals surface area contributed by atoms with Crippen LogP contribution < -0.4 is 16.3 Å². The van der Waals surface area contributed by atoms with Gasteiger partial charge in [-0.05, 0) is 37.1 Å². The van der Waals surface area contributed by atoms with Crippen LogP contribution in [-0.2, 0) is 4.79 Å². The maximum Gasteiger partial charge on any atom is 0.336 e. The van der Waals surface area contributed by atoms with Crippen molar-refractivity contribution in [2.24, 2.45) is 0 Å². The summed E-state index contributed by atoms with van der Waals surface area (Å²) in [5, 5.41) is 6.81. The lowest BCUT2D eigenvalue weighted by Crippen LogP contribution is -2.35.